The molecule has 0 aliphatic carbocycles. The van der Waals surface area contributed by atoms with Crippen molar-refractivity contribution in [3.05, 3.63) is 48.0 Å². The Balaban J connectivity index is 1.39. The minimum atomic E-state index is -0.611. The fraction of sp³-hybridized carbons (Fsp3) is 0.387. The summed E-state index contributed by atoms with van der Waals surface area (Å²) in [6, 6.07) is 8.54. The molecule has 1 saturated heterocycles. The molecule has 5 heterocycles. The molecule has 0 radical (unpaired) electrons. The number of rotatable bonds is 9. The molecule has 4 aromatic rings. The first-order valence-electron chi connectivity index (χ1n) is 14.8. The highest BCUT2D eigenvalue weighted by atomic mass is 19.1. The van der Waals surface area contributed by atoms with Gasteiger partial charge in [-0.1, -0.05) is 16.9 Å². The summed E-state index contributed by atoms with van der Waals surface area (Å²) in [6.45, 7) is 1.42. The van der Waals surface area contributed by atoms with E-state index in [2.05, 4.69) is 20.5 Å². The van der Waals surface area contributed by atoms with Gasteiger partial charge in [0.15, 0.2) is 0 Å². The molecule has 1 fully saturated rings. The minimum absolute atomic E-state index is 0.0711. The van der Waals surface area contributed by atoms with Crippen molar-refractivity contribution in [2.75, 3.05) is 33.3 Å². The highest BCUT2D eigenvalue weighted by molar-refractivity contribution is 6.00. The molecule has 3 aliphatic heterocycles. The zero-order valence-corrected chi connectivity index (χ0v) is 25.0. The van der Waals surface area contributed by atoms with Crippen LogP contribution in [0.4, 0.5) is 4.39 Å². The maximum atomic E-state index is 15.8. The lowest BCUT2D eigenvalue weighted by atomic mass is 9.88. The van der Waals surface area contributed by atoms with Crippen molar-refractivity contribution in [3.8, 4) is 11.1 Å². The van der Waals surface area contributed by atoms with Crippen LogP contribution in [0.3, 0.4) is 0 Å². The first-order valence-corrected chi connectivity index (χ1v) is 14.8. The molecular weight excluding hydrogens is 585 g/mol. The van der Waals surface area contributed by atoms with Crippen LogP contribution in [0.1, 0.15) is 44.2 Å². The maximum absolute atomic E-state index is 15.8. The number of methoxy groups -OCH3 is 1. The average molecular weight is 619 g/mol. The fourth-order valence-corrected chi connectivity index (χ4v) is 6.41. The Morgan fingerprint density at radius 2 is 1.76 bits per heavy atom. The number of halogens is 1. The monoisotopic (exact) mass is 618 g/mol. The smallest absolute Gasteiger partial charge is 0.340 e. The molecule has 2 N–H and O–H groups in total. The highest BCUT2D eigenvalue weighted by Crippen LogP contribution is 2.42. The van der Waals surface area contributed by atoms with Crippen LogP contribution in [-0.4, -0.2) is 82.4 Å². The van der Waals surface area contributed by atoms with Gasteiger partial charge in [-0.15, -0.1) is 9.69 Å². The molecule has 0 unspecified atom stereocenters. The second kappa shape index (κ2) is 11.8. The predicted octanol–water partition coefficient (Wildman–Crippen LogP) is 1.82. The predicted molar refractivity (Wildman–Crippen MR) is 161 cm³/mol. The molecule has 0 saturated carbocycles. The number of nitrogens with one attached hydrogen (secondary N) is 2. The van der Waals surface area contributed by atoms with Crippen molar-refractivity contribution in [2.45, 2.75) is 45.1 Å². The number of quaternary nitrogens is 1. The lowest BCUT2D eigenvalue weighted by molar-refractivity contribution is -0.141. The van der Waals surface area contributed by atoms with E-state index in [0.29, 0.717) is 59.2 Å². The Labute approximate surface area is 256 Å². The normalized spacial score (nSPS) is 18.5. The summed E-state index contributed by atoms with van der Waals surface area (Å²) in [5, 5.41) is 15.7. The Morgan fingerprint density at radius 3 is 2.49 bits per heavy atom. The van der Waals surface area contributed by atoms with Crippen molar-refractivity contribution in [1.82, 2.24) is 34.9 Å². The van der Waals surface area contributed by atoms with E-state index < -0.39 is 23.6 Å². The van der Waals surface area contributed by atoms with E-state index in [0.717, 1.165) is 5.39 Å². The summed E-state index contributed by atoms with van der Waals surface area (Å²) in [7, 11) is 1.21. The van der Waals surface area contributed by atoms with Gasteiger partial charge in [0.2, 0.25) is 11.8 Å². The molecule has 45 heavy (non-hydrogen) atoms. The number of carbonyl (C=O) groups is 5. The molecule has 0 spiro atoms. The summed E-state index contributed by atoms with van der Waals surface area (Å²) in [5.41, 5.74) is 2.87. The average Bonchev–Trinajstić information content (AvgIpc) is 3.61. The summed E-state index contributed by atoms with van der Waals surface area (Å²) in [4.78, 5) is 63.5. The van der Waals surface area contributed by atoms with Crippen LogP contribution in [0.2, 0.25) is 0 Å². The number of Topliss-reactive ketones (excluding diaryl/α,β-unsaturated/α-hetero) is 1. The van der Waals surface area contributed by atoms with E-state index in [4.69, 9.17) is 5.10 Å². The number of aromatic nitrogens is 4. The van der Waals surface area contributed by atoms with Gasteiger partial charge in [-0.25, -0.2) is 9.18 Å². The molecule has 7 rings (SSSR count). The zero-order chi connectivity index (χ0) is 31.9. The Morgan fingerprint density at radius 1 is 1.00 bits per heavy atom. The molecule has 3 amide bonds. The summed E-state index contributed by atoms with van der Waals surface area (Å²) in [6.07, 6.45) is 2.91. The lowest BCUT2D eigenvalue weighted by Crippen LogP contribution is -2.65. The number of ether oxygens (including phenoxy) is 1. The number of esters is 1. The molecular formula is C31H33FN7O6+. The van der Waals surface area contributed by atoms with Crippen molar-refractivity contribution in [1.29, 1.82) is 0 Å². The number of hydrogen-bond acceptors (Lipinski definition) is 8. The minimum Gasteiger partial charge on any atom is -0.468 e. The highest BCUT2D eigenvalue weighted by Gasteiger charge is 2.46. The van der Waals surface area contributed by atoms with Gasteiger partial charge < -0.3 is 20.2 Å². The van der Waals surface area contributed by atoms with E-state index in [1.807, 2.05) is 12.1 Å². The summed E-state index contributed by atoms with van der Waals surface area (Å²) in [5.74, 6) is -2.39. The molecule has 14 heteroatoms. The molecule has 3 aliphatic rings. The Bertz CT molecular complexity index is 1870. The van der Waals surface area contributed by atoms with Crippen LogP contribution >= 0.6 is 0 Å². The Hall–Kier alpha value is -4.98. The first kappa shape index (κ1) is 30.1. The van der Waals surface area contributed by atoms with Gasteiger partial charge in [0.1, 0.15) is 43.3 Å². The number of hydrogen-bond donors (Lipinski definition) is 2. The third-order valence-corrected chi connectivity index (χ3v) is 8.73. The van der Waals surface area contributed by atoms with Crippen LogP contribution < -0.4 is 15.2 Å². The summed E-state index contributed by atoms with van der Waals surface area (Å²) >= 11 is 0. The van der Waals surface area contributed by atoms with Gasteiger partial charge in [0.05, 0.1) is 37.5 Å². The van der Waals surface area contributed by atoms with E-state index in [1.165, 1.54) is 20.1 Å². The number of benzene rings is 2. The van der Waals surface area contributed by atoms with Crippen LogP contribution in [0.25, 0.3) is 32.9 Å². The first-order chi connectivity index (χ1) is 21.6. The van der Waals surface area contributed by atoms with Gasteiger partial charge in [-0.05, 0) is 30.7 Å². The van der Waals surface area contributed by atoms with Gasteiger partial charge in [0, 0.05) is 41.5 Å². The topological polar surface area (TPSA) is 154 Å². The molecule has 4 bridgehead atoms. The number of ketones is 1. The Kier molecular flexibility index (Phi) is 7.91. The van der Waals surface area contributed by atoms with Crippen LogP contribution in [-0.2, 0) is 35.3 Å². The number of fused-ring (bicyclic) bond motifs is 2. The second-order valence-corrected chi connectivity index (χ2v) is 11.5. The van der Waals surface area contributed by atoms with Crippen molar-refractivity contribution in [3.63, 3.8) is 0 Å². The molecule has 2 aromatic heterocycles. The molecule has 0 atom stereocenters. The number of piperidine rings is 1. The second-order valence-electron chi connectivity index (χ2n) is 11.5. The standard InChI is InChI=1S/C31H32FN7O6/c1-18(40)6-7-28(43)39-10-8-19(9-11-39)31-30-21(22-13-25-20(12-23(22)32)14-35-38(25)39)4-3-5-24(30)37(36-31)17-27(42)33-15-26(41)34-16-29(44)45-2/h3-5,12-14,19H,6-11,15-17H2,1-2H3,(H-,33,34,41,42)/p+1. The SMILES string of the molecule is COC(=O)CNC(=O)CNC(=O)Cn1nc2c3c(cccc31)-c1cc3c(cnn3[N+]3(C(=O)CCC(C)=O)CCC2CC3)cc1F. The van der Waals surface area contributed by atoms with Crippen molar-refractivity contribution >= 4 is 51.3 Å². The van der Waals surface area contributed by atoms with E-state index in [-0.39, 0.29) is 54.7 Å². The van der Waals surface area contributed by atoms with E-state index >= 15 is 4.39 Å². The maximum Gasteiger partial charge on any atom is 0.340 e. The molecule has 13 nitrogen and oxygen atoms in total. The molecule has 234 valence electrons. The van der Waals surface area contributed by atoms with Crippen LogP contribution in [0.15, 0.2) is 36.5 Å². The fourth-order valence-electron chi connectivity index (χ4n) is 6.41. The third-order valence-electron chi connectivity index (χ3n) is 8.73. The zero-order valence-electron chi connectivity index (χ0n) is 25.0. The van der Waals surface area contributed by atoms with Gasteiger partial charge in [-0.3, -0.25) is 19.1 Å². The van der Waals surface area contributed by atoms with E-state index in [1.54, 1.807) is 27.8 Å². The van der Waals surface area contributed by atoms with Crippen LogP contribution in [0, 0.1) is 5.82 Å². The quantitative estimate of drug-likeness (QED) is 0.213. The van der Waals surface area contributed by atoms with Crippen molar-refractivity contribution < 1.29 is 33.1 Å². The van der Waals surface area contributed by atoms with Gasteiger partial charge in [-0.2, -0.15) is 5.10 Å². The largest absolute Gasteiger partial charge is 0.468 e. The lowest BCUT2D eigenvalue weighted by Gasteiger charge is -2.39. The van der Waals surface area contributed by atoms with Gasteiger partial charge in [0.25, 0.3) is 0 Å². The number of nitrogens with zero attached hydrogens (tertiary/aromatic N) is 5. The number of amides is 3. The molecule has 2 aromatic carbocycles. The van der Waals surface area contributed by atoms with E-state index in [9.17, 15) is 24.0 Å². The van der Waals surface area contributed by atoms with Gasteiger partial charge >= 0.3 is 11.9 Å². The number of carbonyl (C=O) groups excluding carboxylic acids is 5. The van der Waals surface area contributed by atoms with Crippen LogP contribution in [0.5, 0.6) is 0 Å². The van der Waals surface area contributed by atoms with Crippen molar-refractivity contribution in [2.24, 2.45) is 0 Å². The third kappa shape index (κ3) is 5.45. The summed E-state index contributed by atoms with van der Waals surface area (Å²) < 4.78 is 21.7.